The van der Waals surface area contributed by atoms with Crippen LogP contribution in [0.25, 0.3) is 11.2 Å². The minimum absolute atomic E-state index is 0.0620. The van der Waals surface area contributed by atoms with Crippen LogP contribution < -0.4 is 24.8 Å². The molecule has 0 fully saturated rings. The number of benzene rings is 1. The Balaban J connectivity index is 1.47. The largest absolute Gasteiger partial charge is 0.497 e. The van der Waals surface area contributed by atoms with Crippen LogP contribution in [0, 0.1) is 5.92 Å². The standard InChI is InChI=1S/C25H33N6O7P/c1-15(2)37-24(32)16(3)30-39(33,38-20-10-8-19(34-4)9-11-20)36-13-17-6-7-18(12-17)31-14-27-21-22(31)28-25(26)29-23(21)35-5/h6-11,14-18H,12-13H2,1-5H3,(H,30,33)(H2,26,28,29)/t16-,17+,18-,39?/m0/s1. The van der Waals surface area contributed by atoms with E-state index >= 15 is 0 Å². The second kappa shape index (κ2) is 12.0. The highest BCUT2D eigenvalue weighted by Crippen LogP contribution is 2.46. The van der Waals surface area contributed by atoms with Crippen LogP contribution >= 0.6 is 7.75 Å². The van der Waals surface area contributed by atoms with Crippen molar-refractivity contribution in [3.05, 3.63) is 42.7 Å². The van der Waals surface area contributed by atoms with Gasteiger partial charge in [-0.1, -0.05) is 12.2 Å². The lowest BCUT2D eigenvalue weighted by Crippen LogP contribution is -2.36. The molecule has 0 saturated heterocycles. The van der Waals surface area contributed by atoms with Crippen molar-refractivity contribution in [1.82, 2.24) is 24.6 Å². The van der Waals surface area contributed by atoms with Gasteiger partial charge in [-0.3, -0.25) is 9.32 Å². The quantitative estimate of drug-likeness (QED) is 0.188. The molecule has 210 valence electrons. The van der Waals surface area contributed by atoms with Gasteiger partial charge in [-0.15, -0.1) is 0 Å². The molecule has 1 unspecified atom stereocenters. The van der Waals surface area contributed by atoms with Crippen molar-refractivity contribution in [2.45, 2.75) is 45.4 Å². The summed E-state index contributed by atoms with van der Waals surface area (Å²) in [5.41, 5.74) is 6.89. The zero-order valence-electron chi connectivity index (χ0n) is 22.4. The highest BCUT2D eigenvalue weighted by atomic mass is 31.2. The van der Waals surface area contributed by atoms with Crippen molar-refractivity contribution >= 4 is 30.8 Å². The zero-order chi connectivity index (χ0) is 28.2. The average molecular weight is 561 g/mol. The molecule has 0 spiro atoms. The fraction of sp³-hybridized carbons (Fsp3) is 0.440. The molecule has 1 aliphatic rings. The number of imidazole rings is 1. The van der Waals surface area contributed by atoms with Crippen LogP contribution in [0.3, 0.4) is 0 Å². The number of hydrogen-bond donors (Lipinski definition) is 2. The molecule has 0 amide bonds. The van der Waals surface area contributed by atoms with Crippen LogP contribution in [0.4, 0.5) is 5.95 Å². The van der Waals surface area contributed by atoms with Crippen molar-refractivity contribution < 1.29 is 32.6 Å². The summed E-state index contributed by atoms with van der Waals surface area (Å²) >= 11 is 0. The van der Waals surface area contributed by atoms with E-state index < -0.39 is 19.8 Å². The lowest BCUT2D eigenvalue weighted by Gasteiger charge is -2.24. The first kappa shape index (κ1) is 28.3. The summed E-state index contributed by atoms with van der Waals surface area (Å²) in [6.07, 6.45) is 5.90. The van der Waals surface area contributed by atoms with Gasteiger partial charge in [-0.05, 0) is 51.5 Å². The van der Waals surface area contributed by atoms with Crippen LogP contribution in [-0.2, 0) is 18.6 Å². The molecule has 4 rings (SSSR count). The summed E-state index contributed by atoms with van der Waals surface area (Å²) in [4.78, 5) is 25.2. The summed E-state index contributed by atoms with van der Waals surface area (Å²) in [6, 6.07) is 5.50. The zero-order valence-corrected chi connectivity index (χ0v) is 23.3. The molecule has 4 atom stereocenters. The van der Waals surface area contributed by atoms with Crippen molar-refractivity contribution in [3.63, 3.8) is 0 Å². The third kappa shape index (κ3) is 6.86. The Morgan fingerprint density at radius 2 is 1.85 bits per heavy atom. The van der Waals surface area contributed by atoms with Crippen molar-refractivity contribution in [2.24, 2.45) is 5.92 Å². The maximum Gasteiger partial charge on any atom is 0.459 e. The number of nitrogens with one attached hydrogen (secondary N) is 1. The molecule has 3 N–H and O–H groups in total. The molecule has 0 saturated carbocycles. The van der Waals surface area contributed by atoms with E-state index in [2.05, 4.69) is 20.0 Å². The van der Waals surface area contributed by atoms with E-state index in [0.29, 0.717) is 29.2 Å². The van der Waals surface area contributed by atoms with Gasteiger partial charge in [0.15, 0.2) is 11.2 Å². The van der Waals surface area contributed by atoms with Crippen LogP contribution in [0.15, 0.2) is 42.7 Å². The third-order valence-corrected chi connectivity index (χ3v) is 7.55. The van der Waals surface area contributed by atoms with E-state index in [9.17, 15) is 9.36 Å². The van der Waals surface area contributed by atoms with E-state index in [1.54, 1.807) is 51.6 Å². The second-order valence-electron chi connectivity index (χ2n) is 9.26. The van der Waals surface area contributed by atoms with Crippen molar-refractivity contribution in [3.8, 4) is 17.4 Å². The van der Waals surface area contributed by atoms with Gasteiger partial charge in [-0.25, -0.2) is 9.55 Å². The molecule has 14 heteroatoms. The number of allylic oxidation sites excluding steroid dienone is 1. The molecule has 2 aromatic heterocycles. The fourth-order valence-corrected chi connectivity index (χ4v) is 5.60. The Labute approximate surface area is 226 Å². The normalized spacial score (nSPS) is 19.1. The number of ether oxygens (including phenoxy) is 3. The lowest BCUT2D eigenvalue weighted by atomic mass is 10.1. The third-order valence-electron chi connectivity index (χ3n) is 5.91. The molecule has 1 aliphatic carbocycles. The number of esters is 1. The predicted octanol–water partition coefficient (Wildman–Crippen LogP) is 3.68. The smallest absolute Gasteiger partial charge is 0.459 e. The topological polar surface area (TPSA) is 162 Å². The van der Waals surface area contributed by atoms with Crippen LogP contribution in [0.1, 0.15) is 33.2 Å². The molecule has 0 radical (unpaired) electrons. The van der Waals surface area contributed by atoms with E-state index in [4.69, 9.17) is 29.0 Å². The molecule has 39 heavy (non-hydrogen) atoms. The van der Waals surface area contributed by atoms with Gasteiger partial charge in [0, 0.05) is 5.92 Å². The molecular formula is C25H33N6O7P. The molecule has 1 aromatic carbocycles. The summed E-state index contributed by atoms with van der Waals surface area (Å²) in [6.45, 7) is 5.07. The summed E-state index contributed by atoms with van der Waals surface area (Å²) in [7, 11) is -0.970. The lowest BCUT2D eigenvalue weighted by molar-refractivity contribution is -0.149. The Morgan fingerprint density at radius 1 is 1.13 bits per heavy atom. The maximum absolute atomic E-state index is 13.8. The number of carbonyl (C=O) groups excluding carboxylic acids is 1. The predicted molar refractivity (Wildman–Crippen MR) is 144 cm³/mol. The Hall–Kier alpha value is -3.67. The Morgan fingerprint density at radius 3 is 2.51 bits per heavy atom. The number of nitrogen functional groups attached to an aromatic ring is 1. The Kier molecular flexibility index (Phi) is 8.73. The number of anilines is 1. The van der Waals surface area contributed by atoms with Gasteiger partial charge in [0.2, 0.25) is 11.8 Å². The summed E-state index contributed by atoms with van der Waals surface area (Å²) in [5, 5.41) is 2.70. The molecule has 0 aliphatic heterocycles. The van der Waals surface area contributed by atoms with Gasteiger partial charge in [-0.2, -0.15) is 15.1 Å². The summed E-state index contributed by atoms with van der Waals surface area (Å²) in [5.74, 6) is 0.588. The average Bonchev–Trinajstić information content (AvgIpc) is 3.54. The fourth-order valence-electron chi connectivity index (χ4n) is 4.06. The van der Waals surface area contributed by atoms with Gasteiger partial charge in [0.25, 0.3) is 0 Å². The number of carbonyl (C=O) groups is 1. The second-order valence-corrected chi connectivity index (χ2v) is 11.0. The van der Waals surface area contributed by atoms with Gasteiger partial charge < -0.3 is 29.0 Å². The molecule has 13 nitrogen and oxygen atoms in total. The minimum atomic E-state index is -4.01. The van der Waals surface area contributed by atoms with Crippen molar-refractivity contribution in [2.75, 3.05) is 26.6 Å². The first-order chi connectivity index (χ1) is 18.6. The molecule has 2 heterocycles. The number of nitrogens with zero attached hydrogens (tertiary/aromatic N) is 4. The maximum atomic E-state index is 13.8. The van der Waals surface area contributed by atoms with E-state index in [-0.39, 0.29) is 36.4 Å². The van der Waals surface area contributed by atoms with Gasteiger partial charge in [0.1, 0.15) is 17.5 Å². The number of methoxy groups -OCH3 is 2. The van der Waals surface area contributed by atoms with Crippen LogP contribution in [0.2, 0.25) is 0 Å². The van der Waals surface area contributed by atoms with E-state index in [1.807, 2.05) is 16.7 Å². The van der Waals surface area contributed by atoms with Gasteiger partial charge in [0.05, 0.1) is 39.3 Å². The number of hydrogen-bond acceptors (Lipinski definition) is 11. The summed E-state index contributed by atoms with van der Waals surface area (Å²) < 4.78 is 43.0. The number of rotatable bonds is 12. The number of aromatic nitrogens is 4. The van der Waals surface area contributed by atoms with Gasteiger partial charge >= 0.3 is 13.7 Å². The Bertz CT molecular complexity index is 1380. The highest BCUT2D eigenvalue weighted by molar-refractivity contribution is 7.52. The van der Waals surface area contributed by atoms with Crippen LogP contribution in [0.5, 0.6) is 17.4 Å². The first-order valence-electron chi connectivity index (χ1n) is 12.4. The number of nitrogens with two attached hydrogens (primary N) is 1. The van der Waals surface area contributed by atoms with Crippen molar-refractivity contribution in [1.29, 1.82) is 0 Å². The SMILES string of the molecule is COc1ccc(OP(=O)(N[C@@H](C)C(=O)OC(C)C)OC[C@@H]2C=C[C@H](n3cnc4c(OC)nc(N)nc43)C2)cc1. The first-order valence-corrected chi connectivity index (χ1v) is 13.9. The monoisotopic (exact) mass is 560 g/mol. The molecule has 3 aromatic rings. The van der Waals surface area contributed by atoms with Crippen LogP contribution in [-0.4, -0.2) is 58.5 Å². The number of fused-ring (bicyclic) bond motifs is 1. The highest BCUT2D eigenvalue weighted by Gasteiger charge is 2.34. The molecular weight excluding hydrogens is 527 g/mol. The minimum Gasteiger partial charge on any atom is -0.497 e. The molecule has 0 bridgehead atoms. The van der Waals surface area contributed by atoms with E-state index in [1.165, 1.54) is 14.0 Å². The van der Waals surface area contributed by atoms with E-state index in [0.717, 1.165) is 0 Å².